The second-order valence-corrected chi connectivity index (χ2v) is 8.48. The Labute approximate surface area is 156 Å². The molecule has 146 valence electrons. The molecule has 1 aliphatic heterocycles. The highest BCUT2D eigenvalue weighted by Crippen LogP contribution is 2.32. The summed E-state index contributed by atoms with van der Waals surface area (Å²) in [7, 11) is -3.23. The van der Waals surface area contributed by atoms with E-state index < -0.39 is 21.5 Å². The number of hydrogen-bond donors (Lipinski definition) is 1. The fourth-order valence-corrected chi connectivity index (χ4v) is 4.36. The smallest absolute Gasteiger partial charge is 0.294 e. The number of sulfonamides is 1. The third kappa shape index (κ3) is 3.67. The molecule has 1 saturated heterocycles. The second-order valence-electron chi connectivity index (χ2n) is 6.49. The van der Waals surface area contributed by atoms with Crippen LogP contribution in [0.2, 0.25) is 0 Å². The summed E-state index contributed by atoms with van der Waals surface area (Å²) < 4.78 is 25.7. The van der Waals surface area contributed by atoms with Gasteiger partial charge in [0.15, 0.2) is 0 Å². The number of rotatable bonds is 5. The van der Waals surface area contributed by atoms with E-state index in [1.807, 2.05) is 6.07 Å². The number of piperidine rings is 1. The molecule has 1 aromatic heterocycles. The number of benzene rings is 1. The molecule has 0 aliphatic carbocycles. The summed E-state index contributed by atoms with van der Waals surface area (Å²) in [5.74, 6) is -1.09. The van der Waals surface area contributed by atoms with Crippen molar-refractivity contribution in [3.63, 3.8) is 0 Å². The minimum absolute atomic E-state index is 0.00991. The van der Waals surface area contributed by atoms with Crippen LogP contribution in [0.15, 0.2) is 23.0 Å². The Morgan fingerprint density at radius 2 is 2.00 bits per heavy atom. The molecule has 27 heavy (non-hydrogen) atoms. The topological polar surface area (TPSA) is 125 Å². The van der Waals surface area contributed by atoms with Crippen molar-refractivity contribution in [3.8, 4) is 0 Å². The normalized spacial score (nSPS) is 16.5. The van der Waals surface area contributed by atoms with Gasteiger partial charge < -0.3 is 10.6 Å². The van der Waals surface area contributed by atoms with E-state index in [4.69, 9.17) is 10.6 Å². The average molecular weight is 394 g/mol. The summed E-state index contributed by atoms with van der Waals surface area (Å²) >= 11 is 0. The van der Waals surface area contributed by atoms with Gasteiger partial charge in [-0.15, -0.1) is 4.73 Å². The van der Waals surface area contributed by atoms with Gasteiger partial charge in [-0.2, -0.15) is 0 Å². The first-order chi connectivity index (χ1) is 12.7. The van der Waals surface area contributed by atoms with Crippen LogP contribution in [0.25, 0.3) is 10.9 Å². The van der Waals surface area contributed by atoms with Crippen LogP contribution in [0, 0.1) is 0 Å². The maximum absolute atomic E-state index is 13.0. The molecular weight excluding hydrogens is 372 g/mol. The Bertz CT molecular complexity index is 1040. The van der Waals surface area contributed by atoms with E-state index in [0.717, 1.165) is 10.3 Å². The van der Waals surface area contributed by atoms with Crippen LogP contribution < -0.4 is 16.1 Å². The lowest BCUT2D eigenvalue weighted by Gasteiger charge is -2.30. The highest BCUT2D eigenvalue weighted by Gasteiger charge is 2.28. The van der Waals surface area contributed by atoms with Crippen LogP contribution in [-0.4, -0.2) is 54.3 Å². The lowest BCUT2D eigenvalue weighted by molar-refractivity contribution is 0.0834. The molecule has 0 atom stereocenters. The third-order valence-corrected chi connectivity index (χ3v) is 6.04. The number of fused-ring (bicyclic) bond motifs is 1. The van der Waals surface area contributed by atoms with Crippen molar-refractivity contribution in [1.82, 2.24) is 14.0 Å². The van der Waals surface area contributed by atoms with Crippen molar-refractivity contribution >= 4 is 26.8 Å². The Kier molecular flexibility index (Phi) is 5.20. The SMILES string of the molecule is CCOn1c(C(N)=O)nc2cccc(C3CCN(S(C)(=O)=O)CC3)c2c1=O. The number of hydrogen-bond acceptors (Lipinski definition) is 6. The predicted molar refractivity (Wildman–Crippen MR) is 100 cm³/mol. The Hall–Kier alpha value is -2.46. The van der Waals surface area contributed by atoms with Crippen LogP contribution in [-0.2, 0) is 10.0 Å². The monoisotopic (exact) mass is 394 g/mol. The first kappa shape index (κ1) is 19.3. The predicted octanol–water partition coefficient (Wildman–Crippen LogP) is 0.0829. The molecule has 0 bridgehead atoms. The van der Waals surface area contributed by atoms with Crippen molar-refractivity contribution in [1.29, 1.82) is 0 Å². The number of amides is 1. The fourth-order valence-electron chi connectivity index (χ4n) is 3.48. The zero-order chi connectivity index (χ0) is 19.8. The number of carbonyl (C=O) groups excluding carboxylic acids is 1. The standard InChI is InChI=1S/C17H22N4O5S/c1-3-26-21-16(15(18)22)19-13-6-4-5-12(14(13)17(21)23)11-7-9-20(10-8-11)27(2,24)25/h4-6,11H,3,7-10H2,1-2H3,(H2,18,22). The van der Waals surface area contributed by atoms with Crippen molar-refractivity contribution in [2.75, 3.05) is 26.0 Å². The maximum Gasteiger partial charge on any atom is 0.294 e. The number of carbonyl (C=O) groups is 1. The highest BCUT2D eigenvalue weighted by molar-refractivity contribution is 7.88. The van der Waals surface area contributed by atoms with Crippen LogP contribution in [0.5, 0.6) is 0 Å². The fraction of sp³-hybridized carbons (Fsp3) is 0.471. The molecule has 2 heterocycles. The van der Waals surface area contributed by atoms with Crippen LogP contribution >= 0.6 is 0 Å². The molecule has 2 N–H and O–H groups in total. The molecule has 9 nitrogen and oxygen atoms in total. The molecule has 0 spiro atoms. The van der Waals surface area contributed by atoms with E-state index in [-0.39, 0.29) is 18.3 Å². The highest BCUT2D eigenvalue weighted by atomic mass is 32.2. The Morgan fingerprint density at radius 3 is 2.56 bits per heavy atom. The van der Waals surface area contributed by atoms with Gasteiger partial charge in [-0.3, -0.25) is 9.59 Å². The number of primary amides is 1. The van der Waals surface area contributed by atoms with E-state index >= 15 is 0 Å². The van der Waals surface area contributed by atoms with E-state index in [2.05, 4.69) is 4.98 Å². The molecule has 10 heteroatoms. The van der Waals surface area contributed by atoms with Crippen molar-refractivity contribution < 1.29 is 18.0 Å². The first-order valence-corrected chi connectivity index (χ1v) is 10.5. The molecule has 0 saturated carbocycles. The molecular formula is C17H22N4O5S. The summed E-state index contributed by atoms with van der Waals surface area (Å²) in [5, 5.41) is 0.369. The summed E-state index contributed by atoms with van der Waals surface area (Å²) in [6.07, 6.45) is 2.39. The number of nitrogens with zero attached hydrogens (tertiary/aromatic N) is 3. The van der Waals surface area contributed by atoms with Crippen molar-refractivity contribution in [3.05, 3.63) is 39.9 Å². The van der Waals surface area contributed by atoms with Gasteiger partial charge in [0.2, 0.25) is 15.8 Å². The van der Waals surface area contributed by atoms with E-state index in [1.54, 1.807) is 19.1 Å². The summed E-state index contributed by atoms with van der Waals surface area (Å²) in [5.41, 5.74) is 6.00. The number of nitrogens with two attached hydrogens (primary N) is 1. The van der Waals surface area contributed by atoms with Crippen LogP contribution in [0.4, 0.5) is 0 Å². The molecule has 0 radical (unpaired) electrons. The summed E-state index contributed by atoms with van der Waals surface area (Å²) in [6.45, 7) is 2.65. The minimum atomic E-state index is -3.23. The quantitative estimate of drug-likeness (QED) is 0.766. The number of aromatic nitrogens is 2. The lowest BCUT2D eigenvalue weighted by atomic mass is 9.88. The van der Waals surface area contributed by atoms with E-state index in [9.17, 15) is 18.0 Å². The van der Waals surface area contributed by atoms with Gasteiger partial charge in [0, 0.05) is 13.1 Å². The maximum atomic E-state index is 13.0. The van der Waals surface area contributed by atoms with Gasteiger partial charge in [0.05, 0.1) is 17.2 Å². The molecule has 2 aromatic rings. The van der Waals surface area contributed by atoms with Gasteiger partial charge in [-0.1, -0.05) is 12.1 Å². The van der Waals surface area contributed by atoms with Gasteiger partial charge >= 0.3 is 0 Å². The zero-order valence-corrected chi connectivity index (χ0v) is 16.0. The van der Waals surface area contributed by atoms with Crippen LogP contribution in [0.1, 0.15) is 41.9 Å². The van der Waals surface area contributed by atoms with Crippen LogP contribution in [0.3, 0.4) is 0 Å². The molecule has 1 aromatic carbocycles. The zero-order valence-electron chi connectivity index (χ0n) is 15.2. The summed E-state index contributed by atoms with van der Waals surface area (Å²) in [6, 6.07) is 5.25. The third-order valence-electron chi connectivity index (χ3n) is 4.73. The molecule has 1 aliphatic rings. The largest absolute Gasteiger partial charge is 0.409 e. The van der Waals surface area contributed by atoms with Gasteiger partial charge in [-0.25, -0.2) is 17.7 Å². The average Bonchev–Trinajstić information content (AvgIpc) is 2.62. The Balaban J connectivity index is 2.09. The van der Waals surface area contributed by atoms with Crippen molar-refractivity contribution in [2.45, 2.75) is 25.7 Å². The molecule has 1 fully saturated rings. The van der Waals surface area contributed by atoms with E-state index in [1.165, 1.54) is 10.6 Å². The van der Waals surface area contributed by atoms with Gasteiger partial charge in [0.1, 0.15) is 6.61 Å². The second kappa shape index (κ2) is 7.28. The molecule has 0 unspecified atom stereocenters. The summed E-state index contributed by atoms with van der Waals surface area (Å²) in [4.78, 5) is 34.2. The lowest BCUT2D eigenvalue weighted by Crippen LogP contribution is -2.38. The Morgan fingerprint density at radius 1 is 1.33 bits per heavy atom. The van der Waals surface area contributed by atoms with Crippen molar-refractivity contribution in [2.24, 2.45) is 5.73 Å². The minimum Gasteiger partial charge on any atom is -0.409 e. The molecule has 1 amide bonds. The van der Waals surface area contributed by atoms with Gasteiger partial charge in [-0.05, 0) is 37.3 Å². The van der Waals surface area contributed by atoms with E-state index in [0.29, 0.717) is 36.8 Å². The molecule has 3 rings (SSSR count). The van der Waals surface area contributed by atoms with Gasteiger partial charge in [0.25, 0.3) is 11.5 Å². The first-order valence-electron chi connectivity index (χ1n) is 8.68.